The van der Waals surface area contributed by atoms with Crippen molar-refractivity contribution in [3.05, 3.63) is 75.8 Å². The van der Waals surface area contributed by atoms with E-state index in [-0.39, 0.29) is 28.8 Å². The van der Waals surface area contributed by atoms with E-state index < -0.39 is 11.4 Å². The van der Waals surface area contributed by atoms with Gasteiger partial charge >= 0.3 is 5.76 Å². The van der Waals surface area contributed by atoms with Crippen molar-refractivity contribution in [2.24, 2.45) is 11.8 Å². The lowest BCUT2D eigenvalue weighted by Crippen LogP contribution is -2.27. The van der Waals surface area contributed by atoms with Crippen molar-refractivity contribution in [2.75, 3.05) is 0 Å². The highest BCUT2D eigenvalue weighted by Crippen LogP contribution is 2.39. The van der Waals surface area contributed by atoms with Gasteiger partial charge in [0.15, 0.2) is 11.5 Å². The van der Waals surface area contributed by atoms with E-state index in [1.165, 1.54) is 6.92 Å². The lowest BCUT2D eigenvalue weighted by molar-refractivity contribution is 0.209. The second-order valence-corrected chi connectivity index (χ2v) is 10.8. The number of alkyl halides is 1. The quantitative estimate of drug-likeness (QED) is 0.279. The number of aromatic nitrogens is 7. The molecule has 1 aromatic carbocycles. The minimum atomic E-state index is -2.02. The number of nitrogens with one attached hydrogen (secondary N) is 1. The van der Waals surface area contributed by atoms with Crippen LogP contribution in [-0.4, -0.2) is 34.6 Å². The third-order valence-corrected chi connectivity index (χ3v) is 7.73. The molecule has 0 saturated heterocycles. The fourth-order valence-corrected chi connectivity index (χ4v) is 5.56. The molecule has 1 N–H and O–H groups in total. The number of benzene rings is 1. The Morgan fingerprint density at radius 2 is 1.95 bits per heavy atom. The second-order valence-electron chi connectivity index (χ2n) is 10.4. The molecule has 1 fully saturated rings. The van der Waals surface area contributed by atoms with Crippen LogP contribution in [0, 0.1) is 11.8 Å². The van der Waals surface area contributed by atoms with Crippen LogP contribution in [0.5, 0.6) is 0 Å². The average Bonchev–Trinajstić information content (AvgIpc) is 3.54. The Morgan fingerprint density at radius 1 is 1.13 bits per heavy atom. The smallest absolute Gasteiger partial charge is 0.321 e. The number of nitrogens with zero attached hydrogens (tertiary/aromatic N) is 6. The van der Waals surface area contributed by atoms with Gasteiger partial charge in [0.2, 0.25) is 17.3 Å². The van der Waals surface area contributed by atoms with Crippen LogP contribution in [0.3, 0.4) is 0 Å². The molecular weight excluding hydrogens is 521 g/mol. The van der Waals surface area contributed by atoms with E-state index in [4.69, 9.17) is 21.6 Å². The van der Waals surface area contributed by atoms with Gasteiger partial charge in [0.1, 0.15) is 11.2 Å². The predicted molar refractivity (Wildman–Crippen MR) is 145 cm³/mol. The van der Waals surface area contributed by atoms with E-state index >= 15 is 4.39 Å². The Bertz CT molecular complexity index is 1690. The second kappa shape index (κ2) is 10.00. The molecule has 1 atom stereocenters. The molecule has 4 aromatic heterocycles. The Kier molecular flexibility index (Phi) is 6.50. The molecule has 39 heavy (non-hydrogen) atoms. The molecule has 1 aliphatic rings. The van der Waals surface area contributed by atoms with Gasteiger partial charge in [-0.2, -0.15) is 0 Å². The van der Waals surface area contributed by atoms with Gasteiger partial charge in [0.05, 0.1) is 5.69 Å². The molecule has 0 spiro atoms. The molecule has 6 rings (SSSR count). The maximum atomic E-state index is 16.8. The summed E-state index contributed by atoms with van der Waals surface area (Å²) in [4.78, 5) is 32.6. The summed E-state index contributed by atoms with van der Waals surface area (Å²) in [7, 11) is 0. The zero-order chi connectivity index (χ0) is 27.1. The maximum absolute atomic E-state index is 16.8. The van der Waals surface area contributed by atoms with Gasteiger partial charge in [0.25, 0.3) is 0 Å². The van der Waals surface area contributed by atoms with Crippen LogP contribution in [0.15, 0.2) is 58.0 Å². The lowest BCUT2D eigenvalue weighted by Gasteiger charge is -2.29. The van der Waals surface area contributed by atoms with Gasteiger partial charge in [-0.05, 0) is 55.9 Å². The number of hydrogen-bond donors (Lipinski definition) is 1. The zero-order valence-corrected chi connectivity index (χ0v) is 22.3. The third-order valence-electron chi connectivity index (χ3n) is 7.50. The standard InChI is InChI=1S/C28H27ClFN7O2/c1-16-9-11-17(12-10-16)15-37-22-21(18-6-5-7-19(29)14-18)32-24(25-35-27(38)39-36-25)33-23(22)34-26(37)28(2,30)20-8-3-4-13-31-20/h3-8,13-14,16-17H,9-12,15H2,1-2H3,(H,35,36,38)/t16-,17-,28?. The molecule has 0 radical (unpaired) electrons. The van der Waals surface area contributed by atoms with Gasteiger partial charge in [-0.1, -0.05) is 54.7 Å². The fraction of sp³-hybridized carbons (Fsp3) is 0.357. The fourth-order valence-electron chi connectivity index (χ4n) is 5.37. The van der Waals surface area contributed by atoms with Crippen molar-refractivity contribution in [3.63, 3.8) is 0 Å². The molecule has 0 bridgehead atoms. The number of rotatable bonds is 6. The summed E-state index contributed by atoms with van der Waals surface area (Å²) in [5, 5.41) is 4.28. The Morgan fingerprint density at radius 3 is 2.64 bits per heavy atom. The van der Waals surface area contributed by atoms with Crippen LogP contribution in [0.1, 0.15) is 51.0 Å². The van der Waals surface area contributed by atoms with Crippen molar-refractivity contribution >= 4 is 22.8 Å². The maximum Gasteiger partial charge on any atom is 0.439 e. The summed E-state index contributed by atoms with van der Waals surface area (Å²) < 4.78 is 23.4. The van der Waals surface area contributed by atoms with E-state index in [0.717, 1.165) is 25.7 Å². The van der Waals surface area contributed by atoms with Crippen molar-refractivity contribution in [3.8, 4) is 22.9 Å². The van der Waals surface area contributed by atoms with E-state index in [2.05, 4.69) is 31.6 Å². The summed E-state index contributed by atoms with van der Waals surface area (Å²) in [5.41, 5.74) is 0.291. The van der Waals surface area contributed by atoms with Crippen LogP contribution >= 0.6 is 11.6 Å². The average molecular weight is 548 g/mol. The van der Waals surface area contributed by atoms with Crippen LogP contribution < -0.4 is 5.76 Å². The van der Waals surface area contributed by atoms with Gasteiger partial charge in [0, 0.05) is 23.3 Å². The Labute approximate surface area is 228 Å². The minimum absolute atomic E-state index is 0.0512. The topological polar surface area (TPSA) is 115 Å². The number of halogens is 2. The van der Waals surface area contributed by atoms with Gasteiger partial charge in [-0.15, -0.1) is 0 Å². The molecular formula is C28H27ClFN7O2. The highest BCUT2D eigenvalue weighted by molar-refractivity contribution is 6.30. The number of H-pyrrole nitrogens is 1. The van der Waals surface area contributed by atoms with E-state index in [9.17, 15) is 4.79 Å². The summed E-state index contributed by atoms with van der Waals surface area (Å²) in [6.45, 7) is 4.30. The Balaban J connectivity index is 1.62. The molecule has 200 valence electrons. The van der Waals surface area contributed by atoms with Crippen LogP contribution in [-0.2, 0) is 12.2 Å². The number of hydrogen-bond acceptors (Lipinski definition) is 7. The van der Waals surface area contributed by atoms with Crippen LogP contribution in [0.2, 0.25) is 5.02 Å². The third kappa shape index (κ3) is 4.85. The first-order chi connectivity index (χ1) is 18.8. The van der Waals surface area contributed by atoms with Crippen molar-refractivity contribution < 1.29 is 8.91 Å². The van der Waals surface area contributed by atoms with Gasteiger partial charge < -0.3 is 4.57 Å². The van der Waals surface area contributed by atoms with Crippen molar-refractivity contribution in [1.29, 1.82) is 0 Å². The zero-order valence-electron chi connectivity index (χ0n) is 21.6. The van der Waals surface area contributed by atoms with Crippen molar-refractivity contribution in [1.82, 2.24) is 34.6 Å². The monoisotopic (exact) mass is 547 g/mol. The first kappa shape index (κ1) is 25.4. The number of aromatic amines is 1. The normalized spacial score (nSPS) is 19.3. The van der Waals surface area contributed by atoms with Gasteiger partial charge in [-0.25, -0.2) is 24.1 Å². The molecule has 11 heteroatoms. The SMILES string of the molecule is CC(F)(c1ccccn1)c1nc2nc(-c3noc(=O)[nH]3)nc(-c3cccc(Cl)c3)c2n1C[C@H]1CC[C@H](C)CC1. The summed E-state index contributed by atoms with van der Waals surface area (Å²) in [6, 6.07) is 12.4. The highest BCUT2D eigenvalue weighted by Gasteiger charge is 2.38. The first-order valence-corrected chi connectivity index (χ1v) is 13.4. The highest BCUT2D eigenvalue weighted by atomic mass is 35.5. The summed E-state index contributed by atoms with van der Waals surface area (Å²) >= 11 is 6.36. The molecule has 5 aromatic rings. The van der Waals surface area contributed by atoms with E-state index in [1.807, 2.05) is 16.7 Å². The molecule has 1 saturated carbocycles. The first-order valence-electron chi connectivity index (χ1n) is 13.0. The summed E-state index contributed by atoms with van der Waals surface area (Å²) in [6.07, 6.45) is 5.90. The lowest BCUT2D eigenvalue weighted by atomic mass is 9.83. The summed E-state index contributed by atoms with van der Waals surface area (Å²) in [5.74, 6) is 0.633. The van der Waals surface area contributed by atoms with E-state index in [0.29, 0.717) is 40.2 Å². The Hall–Kier alpha value is -3.92. The van der Waals surface area contributed by atoms with Gasteiger partial charge in [-0.3, -0.25) is 14.5 Å². The number of fused-ring (bicyclic) bond motifs is 1. The molecule has 4 heterocycles. The molecule has 9 nitrogen and oxygen atoms in total. The van der Waals surface area contributed by atoms with Crippen LogP contribution in [0.4, 0.5) is 4.39 Å². The number of imidazole rings is 1. The van der Waals surface area contributed by atoms with E-state index in [1.54, 1.807) is 36.5 Å². The largest absolute Gasteiger partial charge is 0.439 e. The molecule has 1 aliphatic carbocycles. The predicted octanol–water partition coefficient (Wildman–Crippen LogP) is 5.94. The minimum Gasteiger partial charge on any atom is -0.321 e. The van der Waals surface area contributed by atoms with Crippen LogP contribution in [0.25, 0.3) is 34.1 Å². The number of pyridine rings is 1. The molecule has 1 unspecified atom stereocenters. The molecule has 0 amide bonds. The molecule has 0 aliphatic heterocycles. The van der Waals surface area contributed by atoms with Crippen molar-refractivity contribution in [2.45, 2.75) is 51.7 Å².